The number of nitrogens with zero attached hydrogens (tertiary/aromatic N) is 4. The van der Waals surface area contributed by atoms with E-state index in [9.17, 15) is 13.2 Å². The van der Waals surface area contributed by atoms with Gasteiger partial charge in [0.15, 0.2) is 5.16 Å². The summed E-state index contributed by atoms with van der Waals surface area (Å²) in [5.41, 5.74) is 1.35. The third kappa shape index (κ3) is 3.11. The molecule has 0 amide bonds. The number of aromatic nitrogens is 3. The standard InChI is InChI=1S/C12H9F3N4S/c1-19-10(12(13,14)15)17-18-11(19)20-7-9-4-2-3-8(5-9)6-16/h2-5H,7H2,1H3. The van der Waals surface area contributed by atoms with E-state index < -0.39 is 12.0 Å². The third-order valence-electron chi connectivity index (χ3n) is 2.51. The molecule has 4 nitrogen and oxygen atoms in total. The highest BCUT2D eigenvalue weighted by Crippen LogP contribution is 2.30. The van der Waals surface area contributed by atoms with Crippen LogP contribution in [0.25, 0.3) is 0 Å². The number of hydrogen-bond acceptors (Lipinski definition) is 4. The molecule has 104 valence electrons. The van der Waals surface area contributed by atoms with Crippen molar-refractivity contribution in [2.45, 2.75) is 17.1 Å². The zero-order valence-electron chi connectivity index (χ0n) is 10.3. The summed E-state index contributed by atoms with van der Waals surface area (Å²) in [7, 11) is 1.27. The van der Waals surface area contributed by atoms with Gasteiger partial charge in [-0.3, -0.25) is 0 Å². The molecule has 0 aliphatic heterocycles. The summed E-state index contributed by atoms with van der Waals surface area (Å²) < 4.78 is 38.6. The van der Waals surface area contributed by atoms with Crippen LogP contribution < -0.4 is 0 Å². The molecule has 0 saturated carbocycles. The van der Waals surface area contributed by atoms with Crippen LogP contribution in [0.3, 0.4) is 0 Å². The van der Waals surface area contributed by atoms with Crippen molar-refractivity contribution in [1.82, 2.24) is 14.8 Å². The predicted molar refractivity (Wildman–Crippen MR) is 66.7 cm³/mol. The smallest absolute Gasteiger partial charge is 0.302 e. The van der Waals surface area contributed by atoms with Crippen LogP contribution in [0.4, 0.5) is 13.2 Å². The van der Waals surface area contributed by atoms with E-state index in [1.165, 1.54) is 7.05 Å². The molecular formula is C12H9F3N4S. The largest absolute Gasteiger partial charge is 0.451 e. The average molecular weight is 298 g/mol. The minimum atomic E-state index is -4.51. The average Bonchev–Trinajstić information content (AvgIpc) is 2.78. The summed E-state index contributed by atoms with van der Waals surface area (Å²) in [6.45, 7) is 0. The summed E-state index contributed by atoms with van der Waals surface area (Å²) in [5.74, 6) is -0.606. The molecule has 1 heterocycles. The maximum atomic E-state index is 12.6. The topological polar surface area (TPSA) is 54.5 Å². The fraction of sp³-hybridized carbons (Fsp3) is 0.250. The second kappa shape index (κ2) is 5.54. The van der Waals surface area contributed by atoms with E-state index in [-0.39, 0.29) is 5.16 Å². The molecule has 0 spiro atoms. The van der Waals surface area contributed by atoms with Gasteiger partial charge in [0.2, 0.25) is 5.82 Å². The molecule has 0 N–H and O–H groups in total. The normalized spacial score (nSPS) is 11.3. The lowest BCUT2D eigenvalue weighted by Crippen LogP contribution is -2.12. The number of benzene rings is 1. The van der Waals surface area contributed by atoms with Gasteiger partial charge in [-0.05, 0) is 17.7 Å². The van der Waals surface area contributed by atoms with Gasteiger partial charge in [0.05, 0.1) is 11.6 Å². The van der Waals surface area contributed by atoms with Crippen LogP contribution in [0.2, 0.25) is 0 Å². The molecule has 1 aromatic heterocycles. The Kier molecular flexibility index (Phi) is 3.99. The van der Waals surface area contributed by atoms with Gasteiger partial charge in [-0.25, -0.2) is 0 Å². The Morgan fingerprint density at radius 1 is 1.35 bits per heavy atom. The zero-order valence-corrected chi connectivity index (χ0v) is 11.2. The van der Waals surface area contributed by atoms with Crippen molar-refractivity contribution in [2.24, 2.45) is 7.05 Å². The monoisotopic (exact) mass is 298 g/mol. The van der Waals surface area contributed by atoms with E-state index >= 15 is 0 Å². The molecule has 0 fully saturated rings. The van der Waals surface area contributed by atoms with E-state index in [1.54, 1.807) is 24.3 Å². The van der Waals surface area contributed by atoms with Crippen LogP contribution in [0.1, 0.15) is 17.0 Å². The molecule has 1 aromatic carbocycles. The van der Waals surface area contributed by atoms with Crippen LogP contribution in [0.15, 0.2) is 29.4 Å². The Hall–Kier alpha value is -2.01. The highest BCUT2D eigenvalue weighted by molar-refractivity contribution is 7.98. The SMILES string of the molecule is Cn1c(SCc2cccc(C#N)c2)nnc1C(F)(F)F. The van der Waals surface area contributed by atoms with Crippen LogP contribution in [0.5, 0.6) is 0 Å². The van der Waals surface area contributed by atoms with Gasteiger partial charge < -0.3 is 4.57 Å². The number of halogens is 3. The summed E-state index contributed by atoms with van der Waals surface area (Å²) in [4.78, 5) is 0. The Labute approximate surface area is 117 Å². The van der Waals surface area contributed by atoms with Crippen LogP contribution in [-0.4, -0.2) is 14.8 Å². The molecule has 0 saturated heterocycles. The number of hydrogen-bond donors (Lipinski definition) is 0. The van der Waals surface area contributed by atoms with E-state index in [1.807, 2.05) is 6.07 Å². The van der Waals surface area contributed by atoms with Crippen molar-refractivity contribution in [3.05, 3.63) is 41.2 Å². The van der Waals surface area contributed by atoms with Crippen molar-refractivity contribution in [2.75, 3.05) is 0 Å². The molecule has 0 aliphatic carbocycles. The fourth-order valence-electron chi connectivity index (χ4n) is 1.57. The molecule has 2 rings (SSSR count). The molecule has 0 bridgehead atoms. The predicted octanol–water partition coefficient (Wildman–Crippen LogP) is 3.00. The third-order valence-corrected chi connectivity index (χ3v) is 3.60. The van der Waals surface area contributed by atoms with Gasteiger partial charge in [-0.1, -0.05) is 23.9 Å². The van der Waals surface area contributed by atoms with Gasteiger partial charge in [-0.2, -0.15) is 18.4 Å². The van der Waals surface area contributed by atoms with Gasteiger partial charge in [0.25, 0.3) is 0 Å². The first-order valence-corrected chi connectivity index (χ1v) is 6.49. The van der Waals surface area contributed by atoms with Crippen LogP contribution in [0, 0.1) is 11.3 Å². The second-order valence-corrected chi connectivity index (χ2v) is 4.91. The zero-order chi connectivity index (χ0) is 14.8. The van der Waals surface area contributed by atoms with E-state index in [4.69, 9.17) is 5.26 Å². The summed E-state index contributed by atoms with van der Waals surface area (Å²) >= 11 is 1.14. The van der Waals surface area contributed by atoms with Crippen molar-refractivity contribution < 1.29 is 13.2 Å². The lowest BCUT2D eigenvalue weighted by atomic mass is 10.2. The Bertz CT molecular complexity index is 657. The van der Waals surface area contributed by atoms with Crippen molar-refractivity contribution >= 4 is 11.8 Å². The van der Waals surface area contributed by atoms with Crippen LogP contribution in [-0.2, 0) is 19.0 Å². The van der Waals surface area contributed by atoms with E-state index in [0.717, 1.165) is 21.9 Å². The van der Waals surface area contributed by atoms with E-state index in [0.29, 0.717) is 11.3 Å². The lowest BCUT2D eigenvalue weighted by Gasteiger charge is -2.06. The summed E-state index contributed by atoms with van der Waals surface area (Å²) in [6.07, 6.45) is -4.51. The van der Waals surface area contributed by atoms with Gasteiger partial charge in [0.1, 0.15) is 0 Å². The first-order chi connectivity index (χ1) is 9.41. The Balaban J connectivity index is 2.12. The molecule has 8 heteroatoms. The molecule has 0 atom stereocenters. The van der Waals surface area contributed by atoms with E-state index in [2.05, 4.69) is 10.2 Å². The highest BCUT2D eigenvalue weighted by atomic mass is 32.2. The quantitative estimate of drug-likeness (QED) is 0.817. The maximum Gasteiger partial charge on any atom is 0.451 e. The Morgan fingerprint density at radius 3 is 2.70 bits per heavy atom. The molecule has 0 radical (unpaired) electrons. The number of thioether (sulfide) groups is 1. The van der Waals surface area contributed by atoms with Gasteiger partial charge in [0, 0.05) is 12.8 Å². The summed E-state index contributed by atoms with van der Waals surface area (Å²) in [5, 5.41) is 15.6. The molecule has 2 aromatic rings. The number of alkyl halides is 3. The first kappa shape index (κ1) is 14.4. The molecule has 20 heavy (non-hydrogen) atoms. The maximum absolute atomic E-state index is 12.6. The minimum Gasteiger partial charge on any atom is -0.302 e. The molecule has 0 aliphatic rings. The second-order valence-electron chi connectivity index (χ2n) is 3.96. The Morgan fingerprint density at radius 2 is 2.10 bits per heavy atom. The first-order valence-electron chi connectivity index (χ1n) is 5.50. The molecule has 0 unspecified atom stereocenters. The number of nitriles is 1. The highest BCUT2D eigenvalue weighted by Gasteiger charge is 2.37. The van der Waals surface area contributed by atoms with Gasteiger partial charge >= 0.3 is 6.18 Å². The number of rotatable bonds is 3. The minimum absolute atomic E-state index is 0.180. The fourth-order valence-corrected chi connectivity index (χ4v) is 2.42. The van der Waals surface area contributed by atoms with Crippen LogP contribution >= 0.6 is 11.8 Å². The summed E-state index contributed by atoms with van der Waals surface area (Å²) in [6, 6.07) is 8.89. The van der Waals surface area contributed by atoms with Gasteiger partial charge in [-0.15, -0.1) is 10.2 Å². The van der Waals surface area contributed by atoms with Crippen molar-refractivity contribution in [3.8, 4) is 6.07 Å². The lowest BCUT2D eigenvalue weighted by molar-refractivity contribution is -0.147. The van der Waals surface area contributed by atoms with Crippen molar-refractivity contribution in [3.63, 3.8) is 0 Å². The molecular weight excluding hydrogens is 289 g/mol. The van der Waals surface area contributed by atoms with Crippen molar-refractivity contribution in [1.29, 1.82) is 5.26 Å².